The Morgan fingerprint density at radius 3 is 2.72 bits per heavy atom. The highest BCUT2D eigenvalue weighted by Crippen LogP contribution is 2.18. The summed E-state index contributed by atoms with van der Waals surface area (Å²) in [6.07, 6.45) is 1.44. The molecule has 1 N–H and O–H groups in total. The third kappa shape index (κ3) is 4.37. The summed E-state index contributed by atoms with van der Waals surface area (Å²) in [5.74, 6) is -1.21. The van der Waals surface area contributed by atoms with E-state index < -0.39 is 17.9 Å². The van der Waals surface area contributed by atoms with Gasteiger partial charge in [0.15, 0.2) is 0 Å². The maximum atomic E-state index is 11.4. The molecule has 5 nitrogen and oxygen atoms in total. The predicted molar refractivity (Wildman–Crippen MR) is 67.7 cm³/mol. The largest absolute Gasteiger partial charge is 0.481 e. The van der Waals surface area contributed by atoms with Crippen molar-refractivity contribution in [3.05, 3.63) is 23.9 Å². The molecular formula is C12H15NO4S. The number of aromatic nitrogens is 1. The van der Waals surface area contributed by atoms with Gasteiger partial charge in [0, 0.05) is 11.9 Å². The lowest BCUT2D eigenvalue weighted by Crippen LogP contribution is -2.11. The first-order valence-corrected chi connectivity index (χ1v) is 6.52. The molecule has 0 aliphatic carbocycles. The molecule has 0 saturated carbocycles. The Kier molecular flexibility index (Phi) is 5.64. The average molecular weight is 269 g/mol. The Balaban J connectivity index is 2.55. The normalized spacial score (nSPS) is 11.9. The Morgan fingerprint density at radius 1 is 1.50 bits per heavy atom. The van der Waals surface area contributed by atoms with Gasteiger partial charge in [-0.05, 0) is 19.1 Å². The minimum atomic E-state index is -0.828. The molecule has 0 aromatic carbocycles. The minimum Gasteiger partial charge on any atom is -0.481 e. The second-order valence-electron chi connectivity index (χ2n) is 3.66. The topological polar surface area (TPSA) is 76.5 Å². The van der Waals surface area contributed by atoms with Gasteiger partial charge in [-0.3, -0.25) is 4.79 Å². The summed E-state index contributed by atoms with van der Waals surface area (Å²) >= 11 is 1.35. The van der Waals surface area contributed by atoms with Crippen molar-refractivity contribution in [3.63, 3.8) is 0 Å². The van der Waals surface area contributed by atoms with Gasteiger partial charge in [-0.2, -0.15) is 0 Å². The highest BCUT2D eigenvalue weighted by Gasteiger charge is 2.12. The Hall–Kier alpha value is -1.56. The zero-order valence-electron chi connectivity index (χ0n) is 10.3. The molecule has 18 heavy (non-hydrogen) atoms. The van der Waals surface area contributed by atoms with Crippen LogP contribution in [0, 0.1) is 5.92 Å². The van der Waals surface area contributed by atoms with Crippen molar-refractivity contribution in [1.29, 1.82) is 0 Å². The smallest absolute Gasteiger partial charge is 0.339 e. The van der Waals surface area contributed by atoms with E-state index in [2.05, 4.69) is 4.98 Å². The van der Waals surface area contributed by atoms with E-state index in [0.29, 0.717) is 22.9 Å². The Labute approximate surface area is 110 Å². The summed E-state index contributed by atoms with van der Waals surface area (Å²) in [5.41, 5.74) is 0.396. The molecule has 1 heterocycles. The lowest BCUT2D eigenvalue weighted by Gasteiger charge is -2.05. The van der Waals surface area contributed by atoms with Crippen LogP contribution in [0.4, 0.5) is 0 Å². The average Bonchev–Trinajstić information content (AvgIpc) is 2.36. The van der Waals surface area contributed by atoms with Crippen LogP contribution in [0.3, 0.4) is 0 Å². The van der Waals surface area contributed by atoms with Crippen LogP contribution in [-0.2, 0) is 9.53 Å². The van der Waals surface area contributed by atoms with Crippen LogP contribution in [0.2, 0.25) is 0 Å². The van der Waals surface area contributed by atoms with Crippen molar-refractivity contribution in [3.8, 4) is 0 Å². The van der Waals surface area contributed by atoms with Gasteiger partial charge in [-0.15, -0.1) is 11.8 Å². The summed E-state index contributed by atoms with van der Waals surface area (Å²) in [7, 11) is 0. The maximum Gasteiger partial charge on any atom is 0.339 e. The van der Waals surface area contributed by atoms with Crippen molar-refractivity contribution < 1.29 is 19.4 Å². The number of carboxylic acid groups (broad SMARTS) is 1. The van der Waals surface area contributed by atoms with Gasteiger partial charge in [0.05, 0.1) is 23.1 Å². The molecule has 1 atom stereocenters. The third-order valence-corrected chi connectivity index (χ3v) is 3.35. The molecule has 1 aromatic rings. The van der Waals surface area contributed by atoms with E-state index in [0.717, 1.165) is 0 Å². The van der Waals surface area contributed by atoms with Gasteiger partial charge >= 0.3 is 11.9 Å². The fourth-order valence-corrected chi connectivity index (χ4v) is 1.94. The van der Waals surface area contributed by atoms with Crippen molar-refractivity contribution in [1.82, 2.24) is 4.98 Å². The maximum absolute atomic E-state index is 11.4. The van der Waals surface area contributed by atoms with E-state index >= 15 is 0 Å². The van der Waals surface area contributed by atoms with Gasteiger partial charge in [0.2, 0.25) is 0 Å². The summed E-state index contributed by atoms with van der Waals surface area (Å²) in [6.45, 7) is 3.70. The van der Waals surface area contributed by atoms with Gasteiger partial charge in [0.1, 0.15) is 0 Å². The van der Waals surface area contributed by atoms with Crippen molar-refractivity contribution in [2.75, 3.05) is 12.4 Å². The Morgan fingerprint density at radius 2 is 2.22 bits per heavy atom. The number of carbonyl (C=O) groups is 2. The second kappa shape index (κ2) is 7.00. The van der Waals surface area contributed by atoms with Crippen LogP contribution >= 0.6 is 11.8 Å². The molecule has 0 saturated heterocycles. The van der Waals surface area contributed by atoms with Crippen LogP contribution in [0.25, 0.3) is 0 Å². The molecule has 6 heteroatoms. The van der Waals surface area contributed by atoms with E-state index in [1.54, 1.807) is 26.0 Å². The number of ether oxygens (including phenoxy) is 1. The quantitative estimate of drug-likeness (QED) is 0.629. The van der Waals surface area contributed by atoms with Gasteiger partial charge in [-0.25, -0.2) is 9.78 Å². The van der Waals surface area contributed by atoms with E-state index in [1.807, 2.05) is 0 Å². The lowest BCUT2D eigenvalue weighted by atomic mass is 10.2. The number of hydrogen-bond acceptors (Lipinski definition) is 5. The van der Waals surface area contributed by atoms with E-state index in [-0.39, 0.29) is 0 Å². The summed E-state index contributed by atoms with van der Waals surface area (Å²) in [4.78, 5) is 26.1. The van der Waals surface area contributed by atoms with Gasteiger partial charge in [-0.1, -0.05) is 6.92 Å². The molecule has 0 aliphatic rings. The predicted octanol–water partition coefficient (Wildman–Crippen LogP) is 2.07. The molecule has 0 fully saturated rings. The zero-order chi connectivity index (χ0) is 13.5. The lowest BCUT2D eigenvalue weighted by molar-refractivity contribution is -0.140. The number of nitrogens with zero attached hydrogens (tertiary/aromatic N) is 1. The first-order chi connectivity index (χ1) is 8.54. The van der Waals surface area contributed by atoms with Crippen molar-refractivity contribution >= 4 is 23.7 Å². The standard InChI is InChI=1S/C12H15NO4S/c1-3-17-12(16)9-4-5-10(13-6-9)18-7-8(2)11(14)15/h4-6,8H,3,7H2,1-2H3,(H,14,15). The molecule has 0 aliphatic heterocycles. The molecule has 1 rings (SSSR count). The second-order valence-corrected chi connectivity index (χ2v) is 4.70. The summed E-state index contributed by atoms with van der Waals surface area (Å²) < 4.78 is 4.83. The van der Waals surface area contributed by atoms with E-state index in [9.17, 15) is 9.59 Å². The number of hydrogen-bond donors (Lipinski definition) is 1. The van der Waals surface area contributed by atoms with Crippen LogP contribution in [0.1, 0.15) is 24.2 Å². The first kappa shape index (κ1) is 14.5. The SMILES string of the molecule is CCOC(=O)c1ccc(SCC(C)C(=O)O)nc1. The molecule has 1 aromatic heterocycles. The van der Waals surface area contributed by atoms with Gasteiger partial charge < -0.3 is 9.84 Å². The molecular weight excluding hydrogens is 254 g/mol. The molecule has 0 radical (unpaired) electrons. The molecule has 1 unspecified atom stereocenters. The van der Waals surface area contributed by atoms with E-state index in [1.165, 1.54) is 18.0 Å². The summed E-state index contributed by atoms with van der Waals surface area (Å²) in [5, 5.41) is 9.43. The van der Waals surface area contributed by atoms with Crippen LogP contribution in [-0.4, -0.2) is 34.4 Å². The van der Waals surface area contributed by atoms with Crippen molar-refractivity contribution in [2.45, 2.75) is 18.9 Å². The highest BCUT2D eigenvalue weighted by molar-refractivity contribution is 7.99. The highest BCUT2D eigenvalue weighted by atomic mass is 32.2. The molecule has 0 amide bonds. The van der Waals surface area contributed by atoms with Crippen LogP contribution in [0.15, 0.2) is 23.4 Å². The van der Waals surface area contributed by atoms with E-state index in [4.69, 9.17) is 9.84 Å². The number of aliphatic carboxylic acids is 1. The third-order valence-electron chi connectivity index (χ3n) is 2.15. The number of carboxylic acids is 1. The number of pyridine rings is 1. The Bertz CT molecular complexity index is 419. The number of carbonyl (C=O) groups excluding carboxylic acids is 1. The fraction of sp³-hybridized carbons (Fsp3) is 0.417. The zero-order valence-corrected chi connectivity index (χ0v) is 11.1. The van der Waals surface area contributed by atoms with Crippen LogP contribution < -0.4 is 0 Å². The fourth-order valence-electron chi connectivity index (χ4n) is 1.08. The van der Waals surface area contributed by atoms with Crippen LogP contribution in [0.5, 0.6) is 0 Å². The monoisotopic (exact) mass is 269 g/mol. The number of rotatable bonds is 6. The number of esters is 1. The summed E-state index contributed by atoms with van der Waals surface area (Å²) in [6, 6.07) is 3.31. The molecule has 0 spiro atoms. The van der Waals surface area contributed by atoms with Crippen molar-refractivity contribution in [2.24, 2.45) is 5.92 Å². The minimum absolute atomic E-state index is 0.325. The van der Waals surface area contributed by atoms with Gasteiger partial charge in [0.25, 0.3) is 0 Å². The molecule has 0 bridgehead atoms. The first-order valence-electron chi connectivity index (χ1n) is 5.53. The molecule has 98 valence electrons. The number of thioether (sulfide) groups is 1.